The Kier molecular flexibility index (Phi) is 3.37. The van der Waals surface area contributed by atoms with Crippen LogP contribution in [-0.4, -0.2) is 9.97 Å². The van der Waals surface area contributed by atoms with Crippen molar-refractivity contribution in [2.75, 3.05) is 5.73 Å². The van der Waals surface area contributed by atoms with Crippen LogP contribution in [0.5, 0.6) is 0 Å². The molecule has 0 fully saturated rings. The summed E-state index contributed by atoms with van der Waals surface area (Å²) in [6, 6.07) is 9.71. The molecule has 4 heteroatoms. The van der Waals surface area contributed by atoms with Gasteiger partial charge in [0.25, 0.3) is 0 Å². The number of benzene rings is 1. The number of aromatic nitrogens is 2. The van der Waals surface area contributed by atoms with Crippen molar-refractivity contribution in [3.8, 4) is 0 Å². The van der Waals surface area contributed by atoms with E-state index in [9.17, 15) is 0 Å². The second kappa shape index (κ2) is 4.94. The molecule has 2 rings (SSSR count). The van der Waals surface area contributed by atoms with Crippen LogP contribution in [0.1, 0.15) is 11.3 Å². The van der Waals surface area contributed by atoms with E-state index in [0.29, 0.717) is 5.95 Å². The van der Waals surface area contributed by atoms with Crippen molar-refractivity contribution in [2.24, 2.45) is 0 Å². The van der Waals surface area contributed by atoms with E-state index in [1.807, 2.05) is 24.3 Å². The topological polar surface area (TPSA) is 51.8 Å². The van der Waals surface area contributed by atoms with Gasteiger partial charge in [-0.2, -0.15) is 0 Å². The van der Waals surface area contributed by atoms with Crippen molar-refractivity contribution in [3.05, 3.63) is 52.8 Å². The second-order valence-electron chi connectivity index (χ2n) is 3.54. The normalized spacial score (nSPS) is 10.3. The first kappa shape index (κ1) is 10.9. The molecule has 3 nitrogen and oxygen atoms in total. The van der Waals surface area contributed by atoms with Gasteiger partial charge in [-0.3, -0.25) is 0 Å². The highest BCUT2D eigenvalue weighted by Crippen LogP contribution is 2.12. The van der Waals surface area contributed by atoms with Crippen molar-refractivity contribution in [2.45, 2.75) is 12.8 Å². The van der Waals surface area contributed by atoms with Crippen LogP contribution in [0.15, 0.2) is 36.5 Å². The Hall–Kier alpha value is -1.61. The lowest BCUT2D eigenvalue weighted by Crippen LogP contribution is -1.99. The zero-order valence-corrected chi connectivity index (χ0v) is 9.48. The third-order valence-corrected chi connectivity index (χ3v) is 2.53. The van der Waals surface area contributed by atoms with Gasteiger partial charge in [-0.15, -0.1) is 0 Å². The molecule has 2 N–H and O–H groups in total. The summed E-state index contributed by atoms with van der Waals surface area (Å²) in [4.78, 5) is 8.00. The lowest BCUT2D eigenvalue weighted by Gasteiger charge is -2.02. The van der Waals surface area contributed by atoms with Crippen LogP contribution in [0.4, 0.5) is 5.95 Å². The van der Waals surface area contributed by atoms with Gasteiger partial charge in [-0.25, -0.2) is 9.97 Å². The molecule has 1 heterocycles. The molecule has 1 aromatic heterocycles. The van der Waals surface area contributed by atoms with Crippen LogP contribution >= 0.6 is 11.6 Å². The van der Waals surface area contributed by atoms with E-state index in [1.54, 1.807) is 6.20 Å². The highest BCUT2D eigenvalue weighted by atomic mass is 35.5. The SMILES string of the molecule is Nc1nccc(CCc2cccc(Cl)c2)n1. The van der Waals surface area contributed by atoms with Crippen LogP contribution in [0.25, 0.3) is 0 Å². The molecule has 2 aromatic rings. The van der Waals surface area contributed by atoms with Crippen LogP contribution < -0.4 is 5.73 Å². The first-order chi connectivity index (χ1) is 7.74. The summed E-state index contributed by atoms with van der Waals surface area (Å²) in [5, 5.41) is 0.764. The van der Waals surface area contributed by atoms with E-state index < -0.39 is 0 Å². The minimum atomic E-state index is 0.323. The molecule has 0 aliphatic heterocycles. The first-order valence-corrected chi connectivity index (χ1v) is 5.44. The third-order valence-electron chi connectivity index (χ3n) is 2.29. The smallest absolute Gasteiger partial charge is 0.220 e. The monoisotopic (exact) mass is 233 g/mol. The van der Waals surface area contributed by atoms with Crippen LogP contribution in [0.3, 0.4) is 0 Å². The molecule has 0 bridgehead atoms. The molecule has 1 aromatic carbocycles. The zero-order chi connectivity index (χ0) is 11.4. The maximum atomic E-state index is 5.91. The number of aryl methyl sites for hydroxylation is 2. The number of nitrogens with zero attached hydrogens (tertiary/aromatic N) is 2. The minimum Gasteiger partial charge on any atom is -0.368 e. The fourth-order valence-corrected chi connectivity index (χ4v) is 1.73. The van der Waals surface area contributed by atoms with Gasteiger partial charge in [0.1, 0.15) is 0 Å². The summed E-state index contributed by atoms with van der Waals surface area (Å²) in [5.41, 5.74) is 7.66. The van der Waals surface area contributed by atoms with Crippen LogP contribution in [0, 0.1) is 0 Å². The Morgan fingerprint density at radius 1 is 1.19 bits per heavy atom. The summed E-state index contributed by atoms with van der Waals surface area (Å²) in [6.45, 7) is 0. The Balaban J connectivity index is 2.02. The fourth-order valence-electron chi connectivity index (χ4n) is 1.52. The largest absolute Gasteiger partial charge is 0.368 e. The molecule has 0 unspecified atom stereocenters. The molecule has 0 saturated carbocycles. The Bertz CT molecular complexity index is 440. The number of anilines is 1. The van der Waals surface area contributed by atoms with Gasteiger partial charge < -0.3 is 5.73 Å². The summed E-state index contributed by atoms with van der Waals surface area (Å²) in [6.07, 6.45) is 3.42. The molecular weight excluding hydrogens is 222 g/mol. The molecular formula is C12H12ClN3. The number of halogens is 1. The highest BCUT2D eigenvalue weighted by molar-refractivity contribution is 6.30. The number of rotatable bonds is 3. The van der Waals surface area contributed by atoms with Crippen molar-refractivity contribution in [1.29, 1.82) is 0 Å². The van der Waals surface area contributed by atoms with Crippen molar-refractivity contribution in [1.82, 2.24) is 9.97 Å². The predicted molar refractivity (Wildman–Crippen MR) is 65.3 cm³/mol. The van der Waals surface area contributed by atoms with Gasteiger partial charge in [0.2, 0.25) is 5.95 Å². The van der Waals surface area contributed by atoms with Gasteiger partial charge in [0.15, 0.2) is 0 Å². The van der Waals surface area contributed by atoms with Gasteiger partial charge in [-0.1, -0.05) is 23.7 Å². The van der Waals surface area contributed by atoms with E-state index >= 15 is 0 Å². The molecule has 0 amide bonds. The van der Waals surface area contributed by atoms with Gasteiger partial charge in [-0.05, 0) is 36.6 Å². The average Bonchev–Trinajstić information content (AvgIpc) is 2.27. The highest BCUT2D eigenvalue weighted by Gasteiger charge is 1.98. The van der Waals surface area contributed by atoms with E-state index in [4.69, 9.17) is 17.3 Å². The van der Waals surface area contributed by atoms with Gasteiger partial charge in [0.05, 0.1) is 0 Å². The number of hydrogen-bond acceptors (Lipinski definition) is 3. The molecule has 16 heavy (non-hydrogen) atoms. The van der Waals surface area contributed by atoms with Crippen LogP contribution in [-0.2, 0) is 12.8 Å². The fraction of sp³-hybridized carbons (Fsp3) is 0.167. The number of nitrogens with two attached hydrogens (primary N) is 1. The molecule has 0 atom stereocenters. The minimum absolute atomic E-state index is 0.323. The maximum Gasteiger partial charge on any atom is 0.220 e. The average molecular weight is 234 g/mol. The molecule has 0 radical (unpaired) electrons. The second-order valence-corrected chi connectivity index (χ2v) is 3.97. The summed E-state index contributed by atoms with van der Waals surface area (Å²) in [7, 11) is 0. The summed E-state index contributed by atoms with van der Waals surface area (Å²) < 4.78 is 0. The van der Waals surface area contributed by atoms with Crippen molar-refractivity contribution >= 4 is 17.5 Å². The van der Waals surface area contributed by atoms with Gasteiger partial charge in [0, 0.05) is 16.9 Å². The molecule has 0 aliphatic carbocycles. The van der Waals surface area contributed by atoms with Crippen LogP contribution in [0.2, 0.25) is 5.02 Å². The maximum absolute atomic E-state index is 5.91. The predicted octanol–water partition coefficient (Wildman–Crippen LogP) is 2.50. The van der Waals surface area contributed by atoms with E-state index in [2.05, 4.69) is 16.0 Å². The van der Waals surface area contributed by atoms with E-state index in [-0.39, 0.29) is 0 Å². The molecule has 82 valence electrons. The third kappa shape index (κ3) is 2.94. The quantitative estimate of drug-likeness (QED) is 0.886. The molecule has 0 saturated heterocycles. The standard InChI is InChI=1S/C12H12ClN3/c13-10-3-1-2-9(8-10)4-5-11-6-7-15-12(14)16-11/h1-3,6-8H,4-5H2,(H2,14,15,16). The van der Waals surface area contributed by atoms with E-state index in [0.717, 1.165) is 23.6 Å². The summed E-state index contributed by atoms with van der Waals surface area (Å²) in [5.74, 6) is 0.323. The van der Waals surface area contributed by atoms with Gasteiger partial charge >= 0.3 is 0 Å². The Morgan fingerprint density at radius 3 is 2.81 bits per heavy atom. The number of hydrogen-bond donors (Lipinski definition) is 1. The first-order valence-electron chi connectivity index (χ1n) is 5.06. The number of nitrogen functional groups attached to an aromatic ring is 1. The van der Waals surface area contributed by atoms with Crippen molar-refractivity contribution in [3.63, 3.8) is 0 Å². The zero-order valence-electron chi connectivity index (χ0n) is 8.73. The lowest BCUT2D eigenvalue weighted by atomic mass is 10.1. The Morgan fingerprint density at radius 2 is 2.06 bits per heavy atom. The van der Waals surface area contributed by atoms with Crippen molar-refractivity contribution < 1.29 is 0 Å². The summed E-state index contributed by atoms with van der Waals surface area (Å²) >= 11 is 5.91. The lowest BCUT2D eigenvalue weighted by molar-refractivity contribution is 0.905. The molecule has 0 spiro atoms. The molecule has 0 aliphatic rings. The Labute approximate surface area is 99.3 Å². The van der Waals surface area contributed by atoms with E-state index in [1.165, 1.54) is 5.56 Å².